The SMILES string of the molecule is COc1[c]cc(Cc2cnc(N)nc2N)c(N2CCc3ccccc3C2c2ccc(Cl)cc2)c1OC. The Hall–Kier alpha value is -3.97. The fourth-order valence-corrected chi connectivity index (χ4v) is 5.04. The van der Waals surface area contributed by atoms with Crippen molar-refractivity contribution in [3.63, 3.8) is 0 Å². The van der Waals surface area contributed by atoms with Crippen molar-refractivity contribution in [3.8, 4) is 11.5 Å². The molecule has 3 aromatic carbocycles. The van der Waals surface area contributed by atoms with E-state index < -0.39 is 0 Å². The highest BCUT2D eigenvalue weighted by atomic mass is 35.5. The fraction of sp³-hybridized carbons (Fsp3) is 0.214. The van der Waals surface area contributed by atoms with Crippen molar-refractivity contribution in [1.82, 2.24) is 9.97 Å². The minimum Gasteiger partial charge on any atom is -0.492 e. The van der Waals surface area contributed by atoms with E-state index in [1.165, 1.54) is 11.1 Å². The molecule has 1 aliphatic rings. The van der Waals surface area contributed by atoms with Crippen LogP contribution in [0.15, 0.2) is 60.8 Å². The Bertz CT molecular complexity index is 1390. The molecule has 1 atom stereocenters. The number of nitrogen functional groups attached to an aromatic ring is 2. The Morgan fingerprint density at radius 1 is 1.06 bits per heavy atom. The Morgan fingerprint density at radius 2 is 1.83 bits per heavy atom. The van der Waals surface area contributed by atoms with Crippen molar-refractivity contribution in [1.29, 1.82) is 0 Å². The van der Waals surface area contributed by atoms with Gasteiger partial charge >= 0.3 is 0 Å². The Labute approximate surface area is 215 Å². The molecule has 0 aliphatic carbocycles. The highest BCUT2D eigenvalue weighted by Gasteiger charge is 2.33. The molecule has 0 spiro atoms. The van der Waals surface area contributed by atoms with E-state index in [4.69, 9.17) is 32.5 Å². The van der Waals surface area contributed by atoms with Gasteiger partial charge in [-0.05, 0) is 46.9 Å². The zero-order valence-corrected chi connectivity index (χ0v) is 20.9. The van der Waals surface area contributed by atoms with Gasteiger partial charge in [0.2, 0.25) is 5.95 Å². The number of fused-ring (bicyclic) bond motifs is 1. The van der Waals surface area contributed by atoms with Crippen LogP contribution in [0.1, 0.15) is 33.9 Å². The van der Waals surface area contributed by atoms with Gasteiger partial charge in [0.15, 0.2) is 11.5 Å². The maximum atomic E-state index is 6.25. The molecule has 1 unspecified atom stereocenters. The predicted octanol–water partition coefficient (Wildman–Crippen LogP) is 4.85. The summed E-state index contributed by atoms with van der Waals surface area (Å²) >= 11 is 6.25. The number of aromatic nitrogens is 2. The molecule has 0 saturated heterocycles. The van der Waals surface area contributed by atoms with Gasteiger partial charge in [-0.1, -0.05) is 48.0 Å². The van der Waals surface area contributed by atoms with Gasteiger partial charge in [-0.25, -0.2) is 4.98 Å². The van der Waals surface area contributed by atoms with E-state index in [2.05, 4.69) is 57.3 Å². The summed E-state index contributed by atoms with van der Waals surface area (Å²) in [5.41, 5.74) is 18.3. The fourth-order valence-electron chi connectivity index (χ4n) is 4.92. The largest absolute Gasteiger partial charge is 0.492 e. The van der Waals surface area contributed by atoms with Crippen molar-refractivity contribution in [2.45, 2.75) is 18.9 Å². The van der Waals surface area contributed by atoms with Gasteiger partial charge in [0, 0.05) is 35.8 Å². The van der Waals surface area contributed by atoms with Gasteiger partial charge in [0.25, 0.3) is 0 Å². The smallest absolute Gasteiger partial charge is 0.221 e. The van der Waals surface area contributed by atoms with Gasteiger partial charge in [-0.15, -0.1) is 0 Å². The average Bonchev–Trinajstić information content (AvgIpc) is 2.90. The van der Waals surface area contributed by atoms with E-state index in [1.54, 1.807) is 20.4 Å². The molecule has 8 heteroatoms. The molecule has 183 valence electrons. The molecular weight excluding hydrogens is 474 g/mol. The first-order chi connectivity index (χ1) is 17.5. The van der Waals surface area contributed by atoms with Crippen LogP contribution in [0.25, 0.3) is 0 Å². The first-order valence-electron chi connectivity index (χ1n) is 11.6. The van der Waals surface area contributed by atoms with Crippen LogP contribution < -0.4 is 25.8 Å². The highest BCUT2D eigenvalue weighted by Crippen LogP contribution is 2.47. The first kappa shape index (κ1) is 23.8. The number of halogens is 1. The molecule has 0 fully saturated rings. The van der Waals surface area contributed by atoms with Crippen LogP contribution in [0, 0.1) is 6.07 Å². The highest BCUT2D eigenvalue weighted by molar-refractivity contribution is 6.30. The molecule has 0 amide bonds. The summed E-state index contributed by atoms with van der Waals surface area (Å²) in [6, 6.07) is 21.6. The minimum atomic E-state index is -0.0630. The van der Waals surface area contributed by atoms with Crippen LogP contribution in [-0.2, 0) is 12.8 Å². The van der Waals surface area contributed by atoms with Gasteiger partial charge in [0.1, 0.15) is 5.82 Å². The lowest BCUT2D eigenvalue weighted by Gasteiger charge is -2.41. The molecule has 1 radical (unpaired) electrons. The van der Waals surface area contributed by atoms with Gasteiger partial charge in [-0.3, -0.25) is 0 Å². The third-order valence-electron chi connectivity index (χ3n) is 6.57. The normalized spacial score (nSPS) is 14.9. The number of anilines is 3. The molecule has 2 heterocycles. The Balaban J connectivity index is 1.71. The molecule has 4 N–H and O–H groups in total. The summed E-state index contributed by atoms with van der Waals surface area (Å²) in [6.45, 7) is 0.772. The van der Waals surface area contributed by atoms with Crippen molar-refractivity contribution in [2.75, 3.05) is 37.1 Å². The second-order valence-corrected chi connectivity index (χ2v) is 9.08. The van der Waals surface area contributed by atoms with E-state index in [1.807, 2.05) is 18.2 Å². The Morgan fingerprint density at radius 3 is 2.56 bits per heavy atom. The topological polar surface area (TPSA) is 99.5 Å². The van der Waals surface area contributed by atoms with Crippen molar-refractivity contribution < 1.29 is 9.47 Å². The molecule has 4 aromatic rings. The summed E-state index contributed by atoms with van der Waals surface area (Å²) in [4.78, 5) is 10.7. The van der Waals surface area contributed by atoms with Gasteiger partial charge < -0.3 is 25.8 Å². The predicted molar refractivity (Wildman–Crippen MR) is 143 cm³/mol. The van der Waals surface area contributed by atoms with E-state index in [0.717, 1.165) is 35.3 Å². The molecule has 36 heavy (non-hydrogen) atoms. The second kappa shape index (κ2) is 9.95. The standard InChI is InChI=1S/C28H27ClN5O2/c1-35-23-12-9-19(15-20-16-32-28(31)33-27(20)30)25(26(23)36-2)34-14-13-17-5-3-4-6-22(17)24(34)18-7-10-21(29)11-8-18/h3-11,16,24H,13-15H2,1-2H3,(H4,30,31,32,33). The number of hydrogen-bond acceptors (Lipinski definition) is 7. The average molecular weight is 501 g/mol. The van der Waals surface area contributed by atoms with Crippen LogP contribution in [0.5, 0.6) is 11.5 Å². The summed E-state index contributed by atoms with van der Waals surface area (Å²) in [5, 5.41) is 0.697. The van der Waals surface area contributed by atoms with E-state index in [-0.39, 0.29) is 12.0 Å². The maximum Gasteiger partial charge on any atom is 0.221 e. The van der Waals surface area contributed by atoms with Crippen molar-refractivity contribution >= 4 is 29.1 Å². The lowest BCUT2D eigenvalue weighted by atomic mass is 9.87. The number of benzene rings is 3. The molecular formula is C28H27ClN5O2. The minimum absolute atomic E-state index is 0.0630. The maximum absolute atomic E-state index is 6.25. The van der Waals surface area contributed by atoms with E-state index >= 15 is 0 Å². The molecule has 7 nitrogen and oxygen atoms in total. The number of nitrogens with two attached hydrogens (primary N) is 2. The first-order valence-corrected chi connectivity index (χ1v) is 12.0. The number of hydrogen-bond donors (Lipinski definition) is 2. The number of nitrogens with zero attached hydrogens (tertiary/aromatic N) is 3. The third-order valence-corrected chi connectivity index (χ3v) is 6.82. The summed E-state index contributed by atoms with van der Waals surface area (Å²) < 4.78 is 11.6. The number of rotatable bonds is 6. The third kappa shape index (κ3) is 4.38. The molecule has 5 rings (SSSR count). The van der Waals surface area contributed by atoms with Crippen LogP contribution >= 0.6 is 11.6 Å². The van der Waals surface area contributed by atoms with Gasteiger partial charge in [0.05, 0.1) is 25.9 Å². The zero-order chi connectivity index (χ0) is 25.2. The molecule has 1 aromatic heterocycles. The van der Waals surface area contributed by atoms with Crippen LogP contribution in [0.2, 0.25) is 5.02 Å². The van der Waals surface area contributed by atoms with Gasteiger partial charge in [-0.2, -0.15) is 4.98 Å². The van der Waals surface area contributed by atoms with Crippen LogP contribution in [0.3, 0.4) is 0 Å². The lowest BCUT2D eigenvalue weighted by molar-refractivity contribution is 0.353. The summed E-state index contributed by atoms with van der Waals surface area (Å²) in [7, 11) is 3.26. The van der Waals surface area contributed by atoms with E-state index in [9.17, 15) is 0 Å². The number of methoxy groups -OCH3 is 2. The molecule has 0 bridgehead atoms. The zero-order valence-electron chi connectivity index (χ0n) is 20.2. The summed E-state index contributed by atoms with van der Waals surface area (Å²) in [6.07, 6.45) is 3.03. The lowest BCUT2D eigenvalue weighted by Crippen LogP contribution is -2.37. The monoisotopic (exact) mass is 500 g/mol. The second-order valence-electron chi connectivity index (χ2n) is 8.64. The van der Waals surface area contributed by atoms with Crippen LogP contribution in [-0.4, -0.2) is 30.7 Å². The van der Waals surface area contributed by atoms with Crippen LogP contribution in [0.4, 0.5) is 17.5 Å². The Kier molecular flexibility index (Phi) is 6.57. The molecule has 0 saturated carbocycles. The van der Waals surface area contributed by atoms with E-state index in [0.29, 0.717) is 28.8 Å². The summed E-state index contributed by atoms with van der Waals surface area (Å²) in [5.74, 6) is 1.64. The quantitative estimate of drug-likeness (QED) is 0.390. The van der Waals surface area contributed by atoms with Crippen molar-refractivity contribution in [3.05, 3.63) is 99.7 Å². The van der Waals surface area contributed by atoms with Crippen molar-refractivity contribution in [2.24, 2.45) is 0 Å². The molecule has 1 aliphatic heterocycles. The number of ether oxygens (including phenoxy) is 2.